The van der Waals surface area contributed by atoms with E-state index >= 15 is 0 Å². The molecule has 0 aromatic rings. The SMILES string of the molecule is CCCCCCCCCC(CCCC(CCCCCCCCC)C(F)F)C(F)F. The fourth-order valence-electron chi connectivity index (χ4n) is 4.16. The number of unbranched alkanes of at least 4 members (excludes halogenated alkanes) is 12. The van der Waals surface area contributed by atoms with Crippen molar-refractivity contribution in [1.82, 2.24) is 0 Å². The van der Waals surface area contributed by atoms with Crippen molar-refractivity contribution in [3.05, 3.63) is 0 Å². The molecule has 0 fully saturated rings. The van der Waals surface area contributed by atoms with Crippen molar-refractivity contribution in [2.24, 2.45) is 11.8 Å². The molecular formula is C25H48F4. The average molecular weight is 425 g/mol. The molecule has 0 nitrogen and oxygen atoms in total. The van der Waals surface area contributed by atoms with Gasteiger partial charge in [-0.1, -0.05) is 110 Å². The highest BCUT2D eigenvalue weighted by atomic mass is 19.3. The first-order valence-corrected chi connectivity index (χ1v) is 12.6. The minimum atomic E-state index is -2.32. The molecular weight excluding hydrogens is 376 g/mol. The van der Waals surface area contributed by atoms with Crippen LogP contribution in [0.3, 0.4) is 0 Å². The summed E-state index contributed by atoms with van der Waals surface area (Å²) in [4.78, 5) is 0. The zero-order chi connectivity index (χ0) is 21.7. The fraction of sp³-hybridized carbons (Fsp3) is 1.00. The van der Waals surface area contributed by atoms with E-state index in [4.69, 9.17) is 0 Å². The minimum absolute atomic E-state index is 0.397. The molecule has 0 heterocycles. The molecule has 0 aliphatic carbocycles. The lowest BCUT2D eigenvalue weighted by molar-refractivity contribution is 0.0501. The normalized spacial score (nSPS) is 14.1. The molecule has 0 aliphatic heterocycles. The molecule has 0 amide bonds. The third-order valence-electron chi connectivity index (χ3n) is 6.22. The number of hydrogen-bond acceptors (Lipinski definition) is 0. The Bertz CT molecular complexity index is 290. The van der Waals surface area contributed by atoms with Gasteiger partial charge in [0.15, 0.2) is 0 Å². The Morgan fingerprint density at radius 2 is 0.655 bits per heavy atom. The molecule has 0 aromatic heterocycles. The summed E-state index contributed by atoms with van der Waals surface area (Å²) >= 11 is 0. The van der Waals surface area contributed by atoms with Crippen LogP contribution in [-0.2, 0) is 0 Å². The molecule has 0 N–H and O–H groups in total. The summed E-state index contributed by atoms with van der Waals surface area (Å²) in [5.74, 6) is -1.22. The monoisotopic (exact) mass is 424 g/mol. The standard InChI is InChI=1S/C25H48F4/c1-3-5-7-9-11-13-15-18-22(24(26)27)20-17-21-23(25(28)29)19-16-14-12-10-8-6-4-2/h22-25H,3-21H2,1-2H3. The highest BCUT2D eigenvalue weighted by Crippen LogP contribution is 2.28. The number of hydrogen-bond donors (Lipinski definition) is 0. The maximum absolute atomic E-state index is 13.3. The van der Waals surface area contributed by atoms with Crippen molar-refractivity contribution < 1.29 is 17.6 Å². The summed E-state index contributed by atoms with van der Waals surface area (Å²) in [7, 11) is 0. The molecule has 0 saturated carbocycles. The van der Waals surface area contributed by atoms with Gasteiger partial charge >= 0.3 is 0 Å². The first-order valence-electron chi connectivity index (χ1n) is 12.6. The summed E-state index contributed by atoms with van der Waals surface area (Å²) < 4.78 is 53.1. The zero-order valence-corrected chi connectivity index (χ0v) is 19.3. The summed E-state index contributed by atoms with van der Waals surface area (Å²) in [5.41, 5.74) is 0. The van der Waals surface area contributed by atoms with E-state index in [1.807, 2.05) is 0 Å². The van der Waals surface area contributed by atoms with Gasteiger partial charge in [0.05, 0.1) is 0 Å². The molecule has 2 unspecified atom stereocenters. The van der Waals surface area contributed by atoms with Crippen LogP contribution in [0.1, 0.15) is 136 Å². The van der Waals surface area contributed by atoms with Crippen LogP contribution < -0.4 is 0 Å². The van der Waals surface area contributed by atoms with Crippen LogP contribution in [0.25, 0.3) is 0 Å². The van der Waals surface area contributed by atoms with Gasteiger partial charge < -0.3 is 0 Å². The summed E-state index contributed by atoms with van der Waals surface area (Å²) in [6, 6.07) is 0. The van der Waals surface area contributed by atoms with E-state index in [1.54, 1.807) is 0 Å². The van der Waals surface area contributed by atoms with Gasteiger partial charge in [0, 0.05) is 11.8 Å². The lowest BCUT2D eigenvalue weighted by Crippen LogP contribution is -2.15. The second-order valence-corrected chi connectivity index (χ2v) is 8.94. The predicted octanol–water partition coefficient (Wildman–Crippen LogP) is 10.2. The lowest BCUT2D eigenvalue weighted by atomic mass is 9.90. The van der Waals surface area contributed by atoms with E-state index in [2.05, 4.69) is 13.8 Å². The van der Waals surface area contributed by atoms with Gasteiger partial charge in [-0.3, -0.25) is 0 Å². The second kappa shape index (κ2) is 21.0. The Morgan fingerprint density at radius 1 is 0.379 bits per heavy atom. The smallest absolute Gasteiger partial charge is 0.210 e. The van der Waals surface area contributed by atoms with E-state index in [0.29, 0.717) is 32.1 Å². The Balaban J connectivity index is 3.92. The van der Waals surface area contributed by atoms with Crippen molar-refractivity contribution in [3.63, 3.8) is 0 Å². The van der Waals surface area contributed by atoms with Crippen LogP contribution in [0, 0.1) is 11.8 Å². The van der Waals surface area contributed by atoms with Gasteiger partial charge in [0.2, 0.25) is 12.9 Å². The molecule has 176 valence electrons. The summed E-state index contributed by atoms with van der Waals surface area (Å²) in [6.07, 6.45) is 13.5. The first kappa shape index (κ1) is 28.7. The lowest BCUT2D eigenvalue weighted by Gasteiger charge is -2.19. The predicted molar refractivity (Wildman–Crippen MR) is 118 cm³/mol. The van der Waals surface area contributed by atoms with E-state index < -0.39 is 24.7 Å². The van der Waals surface area contributed by atoms with Gasteiger partial charge in [-0.05, 0) is 25.7 Å². The topological polar surface area (TPSA) is 0 Å². The number of alkyl halides is 4. The van der Waals surface area contributed by atoms with Crippen LogP contribution in [0.4, 0.5) is 17.6 Å². The number of halogens is 4. The quantitative estimate of drug-likeness (QED) is 0.120. The van der Waals surface area contributed by atoms with Gasteiger partial charge in [-0.2, -0.15) is 0 Å². The Kier molecular flexibility index (Phi) is 20.8. The molecule has 29 heavy (non-hydrogen) atoms. The van der Waals surface area contributed by atoms with Gasteiger partial charge in [-0.15, -0.1) is 0 Å². The maximum atomic E-state index is 13.3. The molecule has 0 rings (SSSR count). The summed E-state index contributed by atoms with van der Waals surface area (Å²) in [6.45, 7) is 4.36. The molecule has 2 atom stereocenters. The maximum Gasteiger partial charge on any atom is 0.241 e. The van der Waals surface area contributed by atoms with E-state index in [-0.39, 0.29) is 0 Å². The third kappa shape index (κ3) is 18.2. The van der Waals surface area contributed by atoms with Crippen LogP contribution in [-0.4, -0.2) is 12.9 Å². The fourth-order valence-corrected chi connectivity index (χ4v) is 4.16. The van der Waals surface area contributed by atoms with Crippen molar-refractivity contribution in [2.75, 3.05) is 0 Å². The molecule has 0 saturated heterocycles. The van der Waals surface area contributed by atoms with E-state index in [0.717, 1.165) is 38.5 Å². The molecule has 0 aromatic carbocycles. The first-order chi connectivity index (χ1) is 14.0. The van der Waals surface area contributed by atoms with Gasteiger partial charge in [-0.25, -0.2) is 17.6 Å². The Labute approximate surface area is 178 Å². The van der Waals surface area contributed by atoms with Crippen molar-refractivity contribution in [2.45, 2.75) is 149 Å². The van der Waals surface area contributed by atoms with Crippen molar-refractivity contribution >= 4 is 0 Å². The Hall–Kier alpha value is -0.280. The molecule has 0 spiro atoms. The average Bonchev–Trinajstić information content (AvgIpc) is 2.69. The van der Waals surface area contributed by atoms with E-state index in [9.17, 15) is 17.6 Å². The van der Waals surface area contributed by atoms with Crippen LogP contribution in [0.5, 0.6) is 0 Å². The molecule has 0 radical (unpaired) electrons. The summed E-state index contributed by atoms with van der Waals surface area (Å²) in [5, 5.41) is 0. The van der Waals surface area contributed by atoms with Crippen molar-refractivity contribution in [3.8, 4) is 0 Å². The largest absolute Gasteiger partial charge is 0.241 e. The second-order valence-electron chi connectivity index (χ2n) is 8.94. The highest BCUT2D eigenvalue weighted by Gasteiger charge is 2.23. The van der Waals surface area contributed by atoms with Crippen molar-refractivity contribution in [1.29, 1.82) is 0 Å². The highest BCUT2D eigenvalue weighted by molar-refractivity contribution is 4.67. The third-order valence-corrected chi connectivity index (χ3v) is 6.22. The molecule has 0 aliphatic rings. The van der Waals surface area contributed by atoms with Gasteiger partial charge in [0.1, 0.15) is 0 Å². The van der Waals surface area contributed by atoms with Crippen LogP contribution in [0.2, 0.25) is 0 Å². The molecule has 4 heteroatoms. The van der Waals surface area contributed by atoms with E-state index in [1.165, 1.54) is 51.4 Å². The zero-order valence-electron chi connectivity index (χ0n) is 19.3. The Morgan fingerprint density at radius 3 is 0.966 bits per heavy atom. The van der Waals surface area contributed by atoms with Crippen LogP contribution >= 0.6 is 0 Å². The van der Waals surface area contributed by atoms with Crippen LogP contribution in [0.15, 0.2) is 0 Å². The molecule has 0 bridgehead atoms. The minimum Gasteiger partial charge on any atom is -0.210 e. The van der Waals surface area contributed by atoms with Gasteiger partial charge in [0.25, 0.3) is 0 Å². The number of rotatable bonds is 22.